The molecule has 0 aromatic carbocycles. The van der Waals surface area contributed by atoms with Gasteiger partial charge in [-0.1, -0.05) is 20.8 Å². The number of methoxy groups -OCH3 is 1. The quantitative estimate of drug-likeness (QED) is 0.867. The highest BCUT2D eigenvalue weighted by Crippen LogP contribution is 2.42. The summed E-state index contributed by atoms with van der Waals surface area (Å²) in [4.78, 5) is 12.7. The van der Waals surface area contributed by atoms with Gasteiger partial charge in [0.15, 0.2) is 0 Å². The number of nitrogens with one attached hydrogen (secondary N) is 1. The lowest BCUT2D eigenvalue weighted by Crippen LogP contribution is -2.56. The van der Waals surface area contributed by atoms with E-state index in [9.17, 15) is 4.79 Å². The van der Waals surface area contributed by atoms with Crippen LogP contribution in [0.2, 0.25) is 0 Å². The Labute approximate surface area is 135 Å². The Bertz CT molecular complexity index is 388. The van der Waals surface area contributed by atoms with Gasteiger partial charge in [0.25, 0.3) is 0 Å². The molecule has 4 nitrogen and oxygen atoms in total. The van der Waals surface area contributed by atoms with Gasteiger partial charge in [-0.3, -0.25) is 4.79 Å². The van der Waals surface area contributed by atoms with Crippen molar-refractivity contribution in [2.75, 3.05) is 20.3 Å². The van der Waals surface area contributed by atoms with Crippen LogP contribution in [0.4, 0.5) is 0 Å². The van der Waals surface area contributed by atoms with Crippen LogP contribution in [-0.4, -0.2) is 37.9 Å². The van der Waals surface area contributed by atoms with E-state index in [2.05, 4.69) is 33.0 Å². The third-order valence-electron chi connectivity index (χ3n) is 5.65. The Balaban J connectivity index is 1.98. The minimum Gasteiger partial charge on any atom is -0.381 e. The summed E-state index contributed by atoms with van der Waals surface area (Å²) in [7, 11) is 1.75. The maximum Gasteiger partial charge on any atom is 0.223 e. The first-order chi connectivity index (χ1) is 10.3. The summed E-state index contributed by atoms with van der Waals surface area (Å²) in [6.07, 6.45) is 4.89. The summed E-state index contributed by atoms with van der Waals surface area (Å²) >= 11 is 0. The molecule has 1 amide bonds. The Kier molecular flexibility index (Phi) is 5.54. The van der Waals surface area contributed by atoms with Gasteiger partial charge in [0.1, 0.15) is 0 Å². The van der Waals surface area contributed by atoms with Crippen molar-refractivity contribution in [1.82, 2.24) is 5.32 Å². The summed E-state index contributed by atoms with van der Waals surface area (Å²) in [6.45, 7) is 10.3. The molecule has 1 heterocycles. The van der Waals surface area contributed by atoms with Crippen molar-refractivity contribution in [3.05, 3.63) is 0 Å². The fourth-order valence-corrected chi connectivity index (χ4v) is 4.54. The molecule has 3 unspecified atom stereocenters. The van der Waals surface area contributed by atoms with Gasteiger partial charge in [0.05, 0.1) is 11.6 Å². The Hall–Kier alpha value is -0.610. The monoisotopic (exact) mass is 311 g/mol. The molecule has 0 radical (unpaired) electrons. The topological polar surface area (TPSA) is 47.6 Å². The molecule has 1 N–H and O–H groups in total. The normalized spacial score (nSPS) is 32.2. The molecule has 1 saturated carbocycles. The van der Waals surface area contributed by atoms with E-state index >= 15 is 0 Å². The second-order valence-electron chi connectivity index (χ2n) is 8.22. The van der Waals surface area contributed by atoms with Crippen LogP contribution in [0.1, 0.15) is 59.8 Å². The number of amides is 1. The lowest BCUT2D eigenvalue weighted by Gasteiger charge is -2.43. The predicted octanol–water partition coefficient (Wildman–Crippen LogP) is 3.15. The maximum absolute atomic E-state index is 12.7. The SMILES string of the molecule is COC1(C(C)NC(=O)C2CC(C)CC(C)(C)C2)CCOCC1. The van der Waals surface area contributed by atoms with E-state index in [0.29, 0.717) is 19.1 Å². The van der Waals surface area contributed by atoms with Crippen molar-refractivity contribution < 1.29 is 14.3 Å². The van der Waals surface area contributed by atoms with Gasteiger partial charge in [-0.15, -0.1) is 0 Å². The average molecular weight is 311 g/mol. The highest BCUT2D eigenvalue weighted by atomic mass is 16.5. The van der Waals surface area contributed by atoms with Crippen molar-refractivity contribution in [3.8, 4) is 0 Å². The van der Waals surface area contributed by atoms with Crippen LogP contribution < -0.4 is 5.32 Å². The van der Waals surface area contributed by atoms with Crippen molar-refractivity contribution in [2.45, 2.75) is 71.4 Å². The second-order valence-corrected chi connectivity index (χ2v) is 8.22. The van der Waals surface area contributed by atoms with Crippen LogP contribution in [0.25, 0.3) is 0 Å². The predicted molar refractivity (Wildman–Crippen MR) is 87.7 cm³/mol. The maximum atomic E-state index is 12.7. The number of carbonyl (C=O) groups excluding carboxylic acids is 1. The van der Waals surface area contributed by atoms with Crippen LogP contribution in [-0.2, 0) is 14.3 Å². The van der Waals surface area contributed by atoms with E-state index in [1.165, 1.54) is 6.42 Å². The molecule has 2 aliphatic rings. The summed E-state index contributed by atoms with van der Waals surface area (Å²) < 4.78 is 11.2. The molecule has 0 aromatic heterocycles. The smallest absolute Gasteiger partial charge is 0.223 e. The molecule has 2 rings (SSSR count). The fourth-order valence-electron chi connectivity index (χ4n) is 4.54. The molecule has 0 bridgehead atoms. The van der Waals surface area contributed by atoms with E-state index in [0.717, 1.165) is 25.7 Å². The van der Waals surface area contributed by atoms with Crippen molar-refractivity contribution in [3.63, 3.8) is 0 Å². The van der Waals surface area contributed by atoms with E-state index in [-0.39, 0.29) is 28.9 Å². The Morgan fingerprint density at radius 1 is 1.27 bits per heavy atom. The van der Waals surface area contributed by atoms with Crippen LogP contribution in [0.3, 0.4) is 0 Å². The van der Waals surface area contributed by atoms with Crippen molar-refractivity contribution in [2.24, 2.45) is 17.3 Å². The van der Waals surface area contributed by atoms with Crippen LogP contribution >= 0.6 is 0 Å². The van der Waals surface area contributed by atoms with Crippen LogP contribution in [0, 0.1) is 17.3 Å². The van der Waals surface area contributed by atoms with E-state index < -0.39 is 0 Å². The van der Waals surface area contributed by atoms with Crippen LogP contribution in [0.15, 0.2) is 0 Å². The van der Waals surface area contributed by atoms with E-state index in [1.807, 2.05) is 0 Å². The minimum absolute atomic E-state index is 0.0224. The molecule has 2 fully saturated rings. The van der Waals surface area contributed by atoms with Gasteiger partial charge in [-0.25, -0.2) is 0 Å². The van der Waals surface area contributed by atoms with Gasteiger partial charge in [-0.2, -0.15) is 0 Å². The molecular formula is C18H33NO3. The molecule has 1 saturated heterocycles. The molecular weight excluding hydrogens is 278 g/mol. The standard InChI is InChI=1S/C18H33NO3/c1-13-10-15(12-17(3,4)11-13)16(20)19-14(2)18(21-5)6-8-22-9-7-18/h13-15H,6-12H2,1-5H3,(H,19,20). The minimum atomic E-state index is -0.274. The Morgan fingerprint density at radius 3 is 2.45 bits per heavy atom. The Morgan fingerprint density at radius 2 is 1.91 bits per heavy atom. The lowest BCUT2D eigenvalue weighted by atomic mass is 9.67. The van der Waals surface area contributed by atoms with Gasteiger partial charge in [0, 0.05) is 39.1 Å². The first-order valence-corrected chi connectivity index (χ1v) is 8.71. The number of rotatable bonds is 4. The van der Waals surface area contributed by atoms with Crippen molar-refractivity contribution >= 4 is 5.91 Å². The second kappa shape index (κ2) is 6.88. The first-order valence-electron chi connectivity index (χ1n) is 8.71. The van der Waals surface area contributed by atoms with E-state index in [4.69, 9.17) is 9.47 Å². The fraction of sp³-hybridized carbons (Fsp3) is 0.944. The van der Waals surface area contributed by atoms with Gasteiger partial charge < -0.3 is 14.8 Å². The number of hydrogen-bond acceptors (Lipinski definition) is 3. The molecule has 128 valence electrons. The van der Waals surface area contributed by atoms with Gasteiger partial charge in [-0.05, 0) is 37.5 Å². The zero-order valence-corrected chi connectivity index (χ0v) is 14.9. The molecule has 0 aromatic rings. The molecule has 1 aliphatic carbocycles. The summed E-state index contributed by atoms with van der Waals surface area (Å²) in [5, 5.41) is 3.25. The van der Waals surface area contributed by atoms with Crippen LogP contribution in [0.5, 0.6) is 0 Å². The highest BCUT2D eigenvalue weighted by Gasteiger charge is 2.41. The largest absolute Gasteiger partial charge is 0.381 e. The lowest BCUT2D eigenvalue weighted by molar-refractivity contribution is -0.137. The van der Waals surface area contributed by atoms with Gasteiger partial charge >= 0.3 is 0 Å². The molecule has 0 spiro atoms. The number of carbonyl (C=O) groups is 1. The molecule has 1 aliphatic heterocycles. The third-order valence-corrected chi connectivity index (χ3v) is 5.65. The molecule has 4 heteroatoms. The third kappa shape index (κ3) is 4.02. The zero-order valence-electron chi connectivity index (χ0n) is 14.9. The van der Waals surface area contributed by atoms with Gasteiger partial charge in [0.2, 0.25) is 5.91 Å². The number of ether oxygens (including phenoxy) is 2. The summed E-state index contributed by atoms with van der Waals surface area (Å²) in [6, 6.07) is 0.0224. The van der Waals surface area contributed by atoms with E-state index in [1.54, 1.807) is 7.11 Å². The summed E-state index contributed by atoms with van der Waals surface area (Å²) in [5.74, 6) is 0.958. The molecule has 22 heavy (non-hydrogen) atoms. The number of hydrogen-bond donors (Lipinski definition) is 1. The highest BCUT2D eigenvalue weighted by molar-refractivity contribution is 5.79. The summed E-state index contributed by atoms with van der Waals surface area (Å²) in [5.41, 5.74) is -0.00968. The van der Waals surface area contributed by atoms with Crippen molar-refractivity contribution in [1.29, 1.82) is 0 Å². The zero-order chi connectivity index (χ0) is 16.4. The first kappa shape index (κ1) is 17.7. The average Bonchev–Trinajstić information content (AvgIpc) is 2.45. The molecule has 3 atom stereocenters.